The summed E-state index contributed by atoms with van der Waals surface area (Å²) in [5, 5.41) is 12.5. The van der Waals surface area contributed by atoms with Gasteiger partial charge in [-0.15, -0.1) is 0 Å². The zero-order chi connectivity index (χ0) is 24.6. The summed E-state index contributed by atoms with van der Waals surface area (Å²) in [6, 6.07) is 6.74. The van der Waals surface area contributed by atoms with Gasteiger partial charge in [-0.05, 0) is 55.0 Å². The Hall–Kier alpha value is -2.07. The molecule has 10 heteroatoms. The Morgan fingerprint density at radius 1 is 1.21 bits per heavy atom. The molecule has 1 amide bonds. The Morgan fingerprint density at radius 3 is 2.52 bits per heavy atom. The van der Waals surface area contributed by atoms with Gasteiger partial charge in [-0.2, -0.15) is 0 Å². The van der Waals surface area contributed by atoms with Crippen molar-refractivity contribution in [3.63, 3.8) is 0 Å². The van der Waals surface area contributed by atoms with Crippen LogP contribution in [-0.2, 0) is 9.84 Å². The van der Waals surface area contributed by atoms with Gasteiger partial charge in [-0.3, -0.25) is 4.79 Å². The first-order valence-corrected chi connectivity index (χ1v) is 12.6. The maximum Gasteiger partial charge on any atom is 0.255 e. The van der Waals surface area contributed by atoms with Crippen LogP contribution in [0.2, 0.25) is 5.02 Å². The summed E-state index contributed by atoms with van der Waals surface area (Å²) in [5.74, 6) is -3.53. The summed E-state index contributed by atoms with van der Waals surface area (Å²) >= 11 is 6.22. The Morgan fingerprint density at radius 2 is 1.91 bits per heavy atom. The molecule has 180 valence electrons. The Kier molecular flexibility index (Phi) is 7.48. The molecular weight excluding hydrogens is 474 g/mol. The molecule has 1 aliphatic rings. The number of halogens is 3. The van der Waals surface area contributed by atoms with Crippen molar-refractivity contribution in [2.75, 3.05) is 11.9 Å². The molecule has 0 radical (unpaired) electrons. The van der Waals surface area contributed by atoms with Crippen LogP contribution < -0.4 is 11.1 Å². The SMILES string of the molecule is CCC1C[C@@H](S(=O)(=O)c2cc(C(=O)Nc3ccc(F)c(F)c3)ccc2Cl)C[C@H](C)[C@@]1(O)CN. The Balaban J connectivity index is 1.90. The van der Waals surface area contributed by atoms with Crippen molar-refractivity contribution in [1.29, 1.82) is 0 Å². The van der Waals surface area contributed by atoms with Gasteiger partial charge >= 0.3 is 0 Å². The Labute approximate surface area is 197 Å². The molecule has 4 N–H and O–H groups in total. The quantitative estimate of drug-likeness (QED) is 0.551. The minimum absolute atomic E-state index is 0.00271. The van der Waals surface area contributed by atoms with Gasteiger partial charge in [0.2, 0.25) is 0 Å². The molecular formula is C23H27ClF2N2O4S. The van der Waals surface area contributed by atoms with Crippen LogP contribution in [0.1, 0.15) is 43.5 Å². The van der Waals surface area contributed by atoms with E-state index in [1.165, 1.54) is 24.3 Å². The monoisotopic (exact) mass is 500 g/mol. The molecule has 0 aliphatic heterocycles. The minimum Gasteiger partial charge on any atom is -0.388 e. The van der Waals surface area contributed by atoms with Crippen molar-refractivity contribution >= 4 is 33.0 Å². The highest BCUT2D eigenvalue weighted by Gasteiger charge is 2.49. The van der Waals surface area contributed by atoms with E-state index < -0.39 is 38.2 Å². The van der Waals surface area contributed by atoms with Crippen LogP contribution in [0.5, 0.6) is 0 Å². The molecule has 1 aliphatic carbocycles. The van der Waals surface area contributed by atoms with E-state index in [9.17, 15) is 27.1 Å². The third-order valence-electron chi connectivity index (χ3n) is 6.66. The normalized spacial score (nSPS) is 25.6. The van der Waals surface area contributed by atoms with Crippen LogP contribution in [0.15, 0.2) is 41.3 Å². The summed E-state index contributed by atoms with van der Waals surface area (Å²) in [4.78, 5) is 12.5. The highest BCUT2D eigenvalue weighted by molar-refractivity contribution is 7.92. The van der Waals surface area contributed by atoms with E-state index in [4.69, 9.17) is 17.3 Å². The fourth-order valence-corrected chi connectivity index (χ4v) is 7.04. The van der Waals surface area contributed by atoms with Gasteiger partial charge in [-0.25, -0.2) is 17.2 Å². The number of rotatable bonds is 6. The van der Waals surface area contributed by atoms with E-state index in [0.717, 1.165) is 12.1 Å². The number of nitrogens with two attached hydrogens (primary N) is 1. The highest BCUT2D eigenvalue weighted by Crippen LogP contribution is 2.44. The van der Waals surface area contributed by atoms with Gasteiger partial charge < -0.3 is 16.2 Å². The van der Waals surface area contributed by atoms with Gasteiger partial charge in [0, 0.05) is 23.9 Å². The van der Waals surface area contributed by atoms with Crippen LogP contribution in [0.4, 0.5) is 14.5 Å². The number of hydrogen-bond donors (Lipinski definition) is 3. The van der Waals surface area contributed by atoms with Crippen LogP contribution in [0.3, 0.4) is 0 Å². The van der Waals surface area contributed by atoms with E-state index in [2.05, 4.69) is 5.32 Å². The number of benzene rings is 2. The van der Waals surface area contributed by atoms with Crippen LogP contribution in [0.25, 0.3) is 0 Å². The van der Waals surface area contributed by atoms with E-state index in [-0.39, 0.29) is 52.4 Å². The molecule has 0 spiro atoms. The van der Waals surface area contributed by atoms with Gasteiger partial charge in [0.05, 0.1) is 20.8 Å². The first kappa shape index (κ1) is 25.6. The predicted molar refractivity (Wildman–Crippen MR) is 123 cm³/mol. The van der Waals surface area contributed by atoms with Crippen molar-refractivity contribution in [2.24, 2.45) is 17.6 Å². The summed E-state index contributed by atoms with van der Waals surface area (Å²) in [6.45, 7) is 3.70. The van der Waals surface area contributed by atoms with Crippen molar-refractivity contribution in [3.8, 4) is 0 Å². The van der Waals surface area contributed by atoms with E-state index in [1.807, 2.05) is 6.92 Å². The minimum atomic E-state index is -3.94. The number of hydrogen-bond acceptors (Lipinski definition) is 5. The van der Waals surface area contributed by atoms with E-state index in [0.29, 0.717) is 6.42 Å². The summed E-state index contributed by atoms with van der Waals surface area (Å²) in [5.41, 5.74) is 4.68. The fourth-order valence-electron chi connectivity index (χ4n) is 4.58. The summed E-state index contributed by atoms with van der Waals surface area (Å²) < 4.78 is 53.6. The average molecular weight is 501 g/mol. The third-order valence-corrected chi connectivity index (χ3v) is 9.32. The number of carbonyl (C=O) groups excluding carboxylic acids is 1. The fraction of sp³-hybridized carbons (Fsp3) is 0.435. The molecule has 2 aromatic carbocycles. The van der Waals surface area contributed by atoms with E-state index in [1.54, 1.807) is 6.92 Å². The largest absolute Gasteiger partial charge is 0.388 e. The number of sulfone groups is 1. The maximum absolute atomic E-state index is 13.5. The molecule has 0 aromatic heterocycles. The second kappa shape index (κ2) is 9.66. The number of nitrogens with one attached hydrogen (secondary N) is 1. The van der Waals surface area contributed by atoms with E-state index >= 15 is 0 Å². The number of amides is 1. The van der Waals surface area contributed by atoms with Crippen molar-refractivity contribution in [1.82, 2.24) is 0 Å². The molecule has 3 rings (SSSR count). The zero-order valence-electron chi connectivity index (χ0n) is 18.3. The standard InChI is InChI=1S/C23H27ClF2N2O4S/c1-3-15-10-17(8-13(2)23(15,30)12-27)33(31,32)21-9-14(4-6-18(21)24)22(29)28-16-5-7-19(25)20(26)11-16/h4-7,9,11,13,15,17,30H,3,8,10,12,27H2,1-2H3,(H,28,29)/t13-,15?,17-,23-/m0/s1. The van der Waals surface area contributed by atoms with Gasteiger partial charge in [0.1, 0.15) is 0 Å². The molecule has 1 saturated carbocycles. The van der Waals surface area contributed by atoms with Crippen LogP contribution in [0, 0.1) is 23.5 Å². The lowest BCUT2D eigenvalue weighted by Crippen LogP contribution is -2.55. The first-order chi connectivity index (χ1) is 15.4. The molecule has 2 aromatic rings. The van der Waals surface area contributed by atoms with Gasteiger partial charge in [-0.1, -0.05) is 31.9 Å². The number of carbonyl (C=O) groups is 1. The molecule has 1 fully saturated rings. The lowest BCUT2D eigenvalue weighted by molar-refractivity contribution is -0.0806. The molecule has 6 nitrogen and oxygen atoms in total. The smallest absolute Gasteiger partial charge is 0.255 e. The third kappa shape index (κ3) is 4.91. The summed E-state index contributed by atoms with van der Waals surface area (Å²) in [6.07, 6.45) is 0.987. The van der Waals surface area contributed by atoms with Crippen LogP contribution >= 0.6 is 11.6 Å². The molecule has 33 heavy (non-hydrogen) atoms. The second-order valence-corrected chi connectivity index (χ2v) is 11.2. The molecule has 0 bridgehead atoms. The van der Waals surface area contributed by atoms with Gasteiger partial charge in [0.25, 0.3) is 5.91 Å². The predicted octanol–water partition coefficient (Wildman–Crippen LogP) is 4.16. The van der Waals surface area contributed by atoms with Crippen molar-refractivity contribution in [2.45, 2.75) is 48.9 Å². The van der Waals surface area contributed by atoms with Crippen molar-refractivity contribution in [3.05, 3.63) is 58.6 Å². The molecule has 0 saturated heterocycles. The number of aliphatic hydroxyl groups is 1. The lowest BCUT2D eigenvalue weighted by atomic mass is 9.68. The second-order valence-electron chi connectivity index (χ2n) is 8.57. The topological polar surface area (TPSA) is 109 Å². The van der Waals surface area contributed by atoms with Gasteiger partial charge in [0.15, 0.2) is 21.5 Å². The molecule has 0 heterocycles. The lowest BCUT2D eigenvalue weighted by Gasteiger charge is -2.46. The highest BCUT2D eigenvalue weighted by atomic mass is 35.5. The zero-order valence-corrected chi connectivity index (χ0v) is 19.9. The average Bonchev–Trinajstić information content (AvgIpc) is 2.77. The first-order valence-electron chi connectivity index (χ1n) is 10.7. The molecule has 1 unspecified atom stereocenters. The maximum atomic E-state index is 13.5. The molecule has 4 atom stereocenters. The Bertz CT molecular complexity index is 1160. The van der Waals surface area contributed by atoms with Crippen LogP contribution in [-0.4, -0.2) is 36.8 Å². The number of anilines is 1. The van der Waals surface area contributed by atoms with Crippen molar-refractivity contribution < 1.29 is 27.1 Å². The summed E-state index contributed by atoms with van der Waals surface area (Å²) in [7, 11) is -3.94.